The van der Waals surface area contributed by atoms with Crippen molar-refractivity contribution < 1.29 is 14.2 Å². The van der Waals surface area contributed by atoms with Crippen LogP contribution >= 0.6 is 24.0 Å². The maximum atomic E-state index is 5.50. The van der Waals surface area contributed by atoms with Crippen LogP contribution in [0.4, 0.5) is 0 Å². The number of benzene rings is 1. The third kappa shape index (κ3) is 7.58. The zero-order chi connectivity index (χ0) is 17.9. The van der Waals surface area contributed by atoms with E-state index < -0.39 is 0 Å². The average molecular weight is 465 g/mol. The molecule has 25 heavy (non-hydrogen) atoms. The number of ether oxygens (including phenoxy) is 3. The molecule has 0 bridgehead atoms. The number of hydrogen-bond donors (Lipinski definition) is 2. The second-order valence-corrected chi connectivity index (χ2v) is 5.88. The Bertz CT molecular complexity index is 537. The van der Waals surface area contributed by atoms with Crippen LogP contribution in [0.1, 0.15) is 32.3 Å². The minimum absolute atomic E-state index is 0. The highest BCUT2D eigenvalue weighted by Crippen LogP contribution is 2.39. The van der Waals surface area contributed by atoms with Crippen molar-refractivity contribution in [3.8, 4) is 17.2 Å². The third-order valence-electron chi connectivity index (χ3n) is 3.71. The number of rotatable bonds is 9. The molecule has 0 aromatic heterocycles. The van der Waals surface area contributed by atoms with E-state index in [4.69, 9.17) is 14.2 Å². The first-order valence-corrected chi connectivity index (χ1v) is 8.29. The average Bonchev–Trinajstić information content (AvgIpc) is 2.59. The van der Waals surface area contributed by atoms with E-state index in [2.05, 4.69) is 29.5 Å². The van der Waals surface area contributed by atoms with Crippen molar-refractivity contribution in [3.05, 3.63) is 17.7 Å². The van der Waals surface area contributed by atoms with Gasteiger partial charge in [-0.25, -0.2) is 0 Å². The maximum Gasteiger partial charge on any atom is 0.203 e. The molecule has 7 heteroatoms. The van der Waals surface area contributed by atoms with Gasteiger partial charge < -0.3 is 24.8 Å². The first-order valence-electron chi connectivity index (χ1n) is 8.29. The van der Waals surface area contributed by atoms with Gasteiger partial charge in [0, 0.05) is 25.7 Å². The van der Waals surface area contributed by atoms with E-state index in [1.165, 1.54) is 6.42 Å². The summed E-state index contributed by atoms with van der Waals surface area (Å²) in [5.74, 6) is 3.40. The Morgan fingerprint density at radius 2 is 1.72 bits per heavy atom. The van der Waals surface area contributed by atoms with Gasteiger partial charge in [0.05, 0.1) is 21.3 Å². The third-order valence-corrected chi connectivity index (χ3v) is 3.71. The lowest BCUT2D eigenvalue weighted by Crippen LogP contribution is -2.37. The molecule has 0 saturated heterocycles. The molecule has 0 aliphatic heterocycles. The zero-order valence-corrected chi connectivity index (χ0v) is 18.5. The van der Waals surface area contributed by atoms with Crippen molar-refractivity contribution in [1.82, 2.24) is 10.6 Å². The standard InChI is InChI=1S/C18H31N3O3.HI/c1-13(2)8-7-11-20-18(19-3)21-12-14-9-10-15(22-4)17(24-6)16(14)23-5;/h9-10,13H,7-8,11-12H2,1-6H3,(H2,19,20,21);1H. The van der Waals surface area contributed by atoms with E-state index in [-0.39, 0.29) is 24.0 Å². The van der Waals surface area contributed by atoms with Crippen molar-refractivity contribution in [2.75, 3.05) is 34.9 Å². The van der Waals surface area contributed by atoms with Gasteiger partial charge in [0.15, 0.2) is 17.5 Å². The fourth-order valence-corrected chi connectivity index (χ4v) is 2.42. The van der Waals surface area contributed by atoms with Crippen molar-refractivity contribution in [1.29, 1.82) is 0 Å². The molecule has 0 heterocycles. The first kappa shape index (κ1) is 23.6. The van der Waals surface area contributed by atoms with E-state index >= 15 is 0 Å². The van der Waals surface area contributed by atoms with Crippen molar-refractivity contribution >= 4 is 29.9 Å². The molecule has 0 unspecified atom stereocenters. The fraction of sp³-hybridized carbons (Fsp3) is 0.611. The Hall–Kier alpha value is -1.38. The number of aliphatic imine (C=N–C) groups is 1. The van der Waals surface area contributed by atoms with Crippen LogP contribution in [0.3, 0.4) is 0 Å². The van der Waals surface area contributed by atoms with Crippen LogP contribution in [0.5, 0.6) is 17.2 Å². The second-order valence-electron chi connectivity index (χ2n) is 5.88. The Kier molecular flexibility index (Phi) is 12.2. The summed E-state index contributed by atoms with van der Waals surface area (Å²) in [7, 11) is 6.61. The highest BCUT2D eigenvalue weighted by molar-refractivity contribution is 14.0. The molecule has 0 amide bonds. The molecule has 144 valence electrons. The SMILES string of the molecule is CN=C(NCCCC(C)C)NCc1ccc(OC)c(OC)c1OC.I. The first-order chi connectivity index (χ1) is 11.6. The number of nitrogens with zero attached hydrogens (tertiary/aromatic N) is 1. The topological polar surface area (TPSA) is 64.1 Å². The van der Waals surface area contributed by atoms with E-state index in [0.29, 0.717) is 23.8 Å². The summed E-state index contributed by atoms with van der Waals surface area (Å²) >= 11 is 0. The summed E-state index contributed by atoms with van der Waals surface area (Å²) in [5.41, 5.74) is 0.972. The Balaban J connectivity index is 0.00000576. The summed E-state index contributed by atoms with van der Waals surface area (Å²) in [6.07, 6.45) is 2.32. The number of hydrogen-bond acceptors (Lipinski definition) is 4. The van der Waals surface area contributed by atoms with Crippen LogP contribution in [0.15, 0.2) is 17.1 Å². The van der Waals surface area contributed by atoms with Crippen LogP contribution in [0.25, 0.3) is 0 Å². The Morgan fingerprint density at radius 3 is 2.24 bits per heavy atom. The summed E-state index contributed by atoms with van der Waals surface area (Å²) < 4.78 is 16.2. The van der Waals surface area contributed by atoms with Gasteiger partial charge in [-0.05, 0) is 30.9 Å². The highest BCUT2D eigenvalue weighted by Gasteiger charge is 2.15. The monoisotopic (exact) mass is 465 g/mol. The van der Waals surface area contributed by atoms with Crippen molar-refractivity contribution in [2.24, 2.45) is 10.9 Å². The molecule has 0 radical (unpaired) electrons. The molecule has 1 aromatic carbocycles. The summed E-state index contributed by atoms with van der Waals surface area (Å²) in [6, 6.07) is 3.83. The molecule has 6 nitrogen and oxygen atoms in total. The Morgan fingerprint density at radius 1 is 1.04 bits per heavy atom. The number of guanidine groups is 1. The van der Waals surface area contributed by atoms with Gasteiger partial charge in [0.2, 0.25) is 5.75 Å². The number of methoxy groups -OCH3 is 3. The van der Waals surface area contributed by atoms with E-state index in [1.54, 1.807) is 28.4 Å². The zero-order valence-electron chi connectivity index (χ0n) is 16.1. The largest absolute Gasteiger partial charge is 0.493 e. The van der Waals surface area contributed by atoms with Gasteiger partial charge in [0.25, 0.3) is 0 Å². The van der Waals surface area contributed by atoms with Crippen LogP contribution in [0, 0.1) is 5.92 Å². The van der Waals surface area contributed by atoms with Crippen LogP contribution in [0.2, 0.25) is 0 Å². The number of halogens is 1. The molecule has 0 fully saturated rings. The normalized spacial score (nSPS) is 10.9. The van der Waals surface area contributed by atoms with Gasteiger partial charge in [-0.2, -0.15) is 0 Å². The van der Waals surface area contributed by atoms with Crippen LogP contribution in [-0.4, -0.2) is 40.9 Å². The van der Waals surface area contributed by atoms with E-state index in [0.717, 1.165) is 30.4 Å². The molecule has 2 N–H and O–H groups in total. The van der Waals surface area contributed by atoms with E-state index in [1.807, 2.05) is 12.1 Å². The van der Waals surface area contributed by atoms with E-state index in [9.17, 15) is 0 Å². The summed E-state index contributed by atoms with van der Waals surface area (Å²) in [4.78, 5) is 4.25. The predicted octanol–water partition coefficient (Wildman–Crippen LogP) is 3.43. The fourth-order valence-electron chi connectivity index (χ4n) is 2.42. The molecular formula is C18H32IN3O3. The lowest BCUT2D eigenvalue weighted by atomic mass is 10.1. The van der Waals surface area contributed by atoms with Crippen molar-refractivity contribution in [3.63, 3.8) is 0 Å². The lowest BCUT2D eigenvalue weighted by molar-refractivity contribution is 0.322. The van der Waals surface area contributed by atoms with Gasteiger partial charge >= 0.3 is 0 Å². The molecule has 0 aliphatic carbocycles. The summed E-state index contributed by atoms with van der Waals surface area (Å²) in [5, 5.41) is 6.63. The van der Waals surface area contributed by atoms with Crippen molar-refractivity contribution in [2.45, 2.75) is 33.2 Å². The predicted molar refractivity (Wildman–Crippen MR) is 114 cm³/mol. The van der Waals surface area contributed by atoms with Crippen LogP contribution < -0.4 is 24.8 Å². The van der Waals surface area contributed by atoms with Gasteiger partial charge in [-0.3, -0.25) is 4.99 Å². The molecule has 1 aromatic rings. The van der Waals surface area contributed by atoms with Gasteiger partial charge in [-0.15, -0.1) is 24.0 Å². The molecule has 0 aliphatic rings. The molecule has 0 saturated carbocycles. The smallest absolute Gasteiger partial charge is 0.203 e. The van der Waals surface area contributed by atoms with Gasteiger partial charge in [-0.1, -0.05) is 13.8 Å². The molecule has 1 rings (SSSR count). The lowest BCUT2D eigenvalue weighted by Gasteiger charge is -2.17. The molecule has 0 spiro atoms. The van der Waals surface area contributed by atoms with Crippen LogP contribution in [-0.2, 0) is 6.54 Å². The molecular weight excluding hydrogens is 433 g/mol. The second kappa shape index (κ2) is 12.9. The quantitative estimate of drug-likeness (QED) is 0.253. The number of nitrogens with one attached hydrogen (secondary N) is 2. The summed E-state index contributed by atoms with van der Waals surface area (Å²) in [6.45, 7) is 5.95. The van der Waals surface area contributed by atoms with Gasteiger partial charge in [0.1, 0.15) is 0 Å². The minimum Gasteiger partial charge on any atom is -0.493 e. The highest BCUT2D eigenvalue weighted by atomic mass is 127. The molecule has 0 atom stereocenters. The maximum absolute atomic E-state index is 5.50. The Labute approximate surface area is 168 Å². The minimum atomic E-state index is 0.